The van der Waals surface area contributed by atoms with Gasteiger partial charge in [0.2, 0.25) is 11.8 Å². The van der Waals surface area contributed by atoms with E-state index in [0.717, 1.165) is 21.0 Å². The lowest BCUT2D eigenvalue weighted by Crippen LogP contribution is -2.34. The van der Waals surface area contributed by atoms with E-state index in [-0.39, 0.29) is 18.4 Å². The van der Waals surface area contributed by atoms with Crippen molar-refractivity contribution in [1.82, 2.24) is 9.88 Å². The van der Waals surface area contributed by atoms with Crippen LogP contribution in [-0.4, -0.2) is 39.9 Å². The van der Waals surface area contributed by atoms with Gasteiger partial charge in [-0.1, -0.05) is 41.7 Å². The summed E-state index contributed by atoms with van der Waals surface area (Å²) in [6.07, 6.45) is 0. The van der Waals surface area contributed by atoms with Crippen molar-refractivity contribution in [2.24, 2.45) is 0 Å². The molecule has 1 saturated heterocycles. The van der Waals surface area contributed by atoms with Crippen LogP contribution in [-0.2, 0) is 9.59 Å². The van der Waals surface area contributed by atoms with Gasteiger partial charge in [-0.05, 0) is 11.5 Å². The number of fused-ring (bicyclic) bond motifs is 3. The third-order valence-electron chi connectivity index (χ3n) is 3.69. The number of amides is 2. The van der Waals surface area contributed by atoms with Crippen LogP contribution in [0.4, 0.5) is 5.13 Å². The molecule has 0 radical (unpaired) electrons. The molecule has 0 unspecified atom stereocenters. The molecule has 1 aliphatic heterocycles. The van der Waals surface area contributed by atoms with E-state index in [1.165, 1.54) is 23.1 Å². The van der Waals surface area contributed by atoms with Crippen molar-refractivity contribution in [2.45, 2.75) is 0 Å². The number of thioether (sulfide) groups is 1. The third-order valence-corrected chi connectivity index (χ3v) is 5.65. The zero-order chi connectivity index (χ0) is 15.8. The van der Waals surface area contributed by atoms with Gasteiger partial charge >= 0.3 is 0 Å². The van der Waals surface area contributed by atoms with Gasteiger partial charge in [0.25, 0.3) is 0 Å². The second kappa shape index (κ2) is 5.82. The second-order valence-corrected chi connectivity index (χ2v) is 7.23. The summed E-state index contributed by atoms with van der Waals surface area (Å²) in [7, 11) is 0. The first-order valence-corrected chi connectivity index (χ1v) is 9.11. The predicted octanol–water partition coefficient (Wildman–Crippen LogP) is 2.92. The van der Waals surface area contributed by atoms with Crippen molar-refractivity contribution >= 4 is 61.0 Å². The molecular formula is C16H13N3O2S2. The summed E-state index contributed by atoms with van der Waals surface area (Å²) in [6.45, 7) is 0.0858. The van der Waals surface area contributed by atoms with Gasteiger partial charge in [-0.25, -0.2) is 4.98 Å². The number of hydrogen-bond acceptors (Lipinski definition) is 5. The summed E-state index contributed by atoms with van der Waals surface area (Å²) < 4.78 is 1.06. The Labute approximate surface area is 140 Å². The molecular weight excluding hydrogens is 330 g/mol. The van der Waals surface area contributed by atoms with Crippen LogP contribution in [0.1, 0.15) is 0 Å². The number of thiazole rings is 1. The molecule has 23 heavy (non-hydrogen) atoms. The van der Waals surface area contributed by atoms with E-state index in [1.807, 2.05) is 24.3 Å². The van der Waals surface area contributed by atoms with Crippen LogP contribution in [0, 0.1) is 0 Å². The molecule has 7 heteroatoms. The number of carbonyl (C=O) groups excluding carboxylic acids is 2. The highest BCUT2D eigenvalue weighted by atomic mass is 32.2. The summed E-state index contributed by atoms with van der Waals surface area (Å²) in [4.78, 5) is 29.7. The molecule has 116 valence electrons. The number of rotatable bonds is 3. The number of benzene rings is 2. The number of hydrogen-bond donors (Lipinski definition) is 1. The predicted molar refractivity (Wildman–Crippen MR) is 94.8 cm³/mol. The highest BCUT2D eigenvalue weighted by Gasteiger charge is 2.23. The monoisotopic (exact) mass is 343 g/mol. The number of nitrogens with one attached hydrogen (secondary N) is 1. The summed E-state index contributed by atoms with van der Waals surface area (Å²) >= 11 is 2.99. The standard InChI is InChI=1S/C16H13N3O2S2/c20-13(7-19-9-22-8-14(19)21)18-16-17-12-6-5-10-3-1-2-4-11(10)15(12)23-16/h1-6H,7-9H2,(H,17,18,20). The average molecular weight is 343 g/mol. The zero-order valence-corrected chi connectivity index (χ0v) is 13.7. The molecule has 5 nitrogen and oxygen atoms in total. The minimum atomic E-state index is -0.204. The van der Waals surface area contributed by atoms with Gasteiger partial charge in [0, 0.05) is 5.39 Å². The van der Waals surface area contributed by atoms with Gasteiger partial charge in [-0.2, -0.15) is 0 Å². The molecule has 2 heterocycles. The van der Waals surface area contributed by atoms with Crippen LogP contribution < -0.4 is 5.32 Å². The van der Waals surface area contributed by atoms with Gasteiger partial charge in [-0.3, -0.25) is 9.59 Å². The summed E-state index contributed by atoms with van der Waals surface area (Å²) in [6, 6.07) is 12.1. The normalized spacial score (nSPS) is 14.8. The van der Waals surface area contributed by atoms with Gasteiger partial charge in [0.1, 0.15) is 6.54 Å². The largest absolute Gasteiger partial charge is 0.323 e. The lowest BCUT2D eigenvalue weighted by atomic mass is 10.1. The summed E-state index contributed by atoms with van der Waals surface area (Å²) in [5, 5.41) is 5.67. The molecule has 1 aliphatic rings. The first-order valence-electron chi connectivity index (χ1n) is 7.14. The molecule has 0 saturated carbocycles. The van der Waals surface area contributed by atoms with E-state index in [2.05, 4.69) is 22.4 Å². The molecule has 2 amide bonds. The van der Waals surface area contributed by atoms with Crippen molar-refractivity contribution in [3.63, 3.8) is 0 Å². The topological polar surface area (TPSA) is 62.3 Å². The molecule has 1 aromatic heterocycles. The van der Waals surface area contributed by atoms with Crippen LogP contribution in [0.15, 0.2) is 36.4 Å². The Hall–Kier alpha value is -2.12. The fraction of sp³-hybridized carbons (Fsp3) is 0.188. The number of carbonyl (C=O) groups is 2. The van der Waals surface area contributed by atoms with E-state index in [4.69, 9.17) is 0 Å². The summed E-state index contributed by atoms with van der Waals surface area (Å²) in [5.74, 6) is 0.849. The van der Waals surface area contributed by atoms with Crippen LogP contribution in [0.25, 0.3) is 21.0 Å². The second-order valence-electron chi connectivity index (χ2n) is 5.27. The van der Waals surface area contributed by atoms with Crippen molar-refractivity contribution in [2.75, 3.05) is 23.5 Å². The lowest BCUT2D eigenvalue weighted by Gasteiger charge is -2.12. The van der Waals surface area contributed by atoms with E-state index in [0.29, 0.717) is 16.8 Å². The van der Waals surface area contributed by atoms with Gasteiger partial charge in [0.05, 0.1) is 21.8 Å². The Bertz CT molecular complexity index is 922. The molecule has 4 rings (SSSR count). The molecule has 3 aromatic rings. The number of anilines is 1. The van der Waals surface area contributed by atoms with E-state index in [9.17, 15) is 9.59 Å². The number of nitrogens with zero attached hydrogens (tertiary/aromatic N) is 2. The Balaban J connectivity index is 1.58. The van der Waals surface area contributed by atoms with Gasteiger partial charge < -0.3 is 10.2 Å². The lowest BCUT2D eigenvalue weighted by molar-refractivity contribution is -0.130. The Morgan fingerprint density at radius 2 is 2.13 bits per heavy atom. The van der Waals surface area contributed by atoms with E-state index in [1.54, 1.807) is 4.90 Å². The zero-order valence-electron chi connectivity index (χ0n) is 12.1. The van der Waals surface area contributed by atoms with Crippen LogP contribution in [0.3, 0.4) is 0 Å². The average Bonchev–Trinajstić information content (AvgIpc) is 3.13. The molecule has 0 aliphatic carbocycles. The van der Waals surface area contributed by atoms with Crippen molar-refractivity contribution < 1.29 is 9.59 Å². The van der Waals surface area contributed by atoms with Crippen LogP contribution >= 0.6 is 23.1 Å². The maximum atomic E-state index is 12.1. The number of aromatic nitrogens is 1. The fourth-order valence-corrected chi connectivity index (χ4v) is 4.50. The van der Waals surface area contributed by atoms with Gasteiger partial charge in [-0.15, -0.1) is 11.8 Å². The van der Waals surface area contributed by atoms with Crippen molar-refractivity contribution in [1.29, 1.82) is 0 Å². The smallest absolute Gasteiger partial charge is 0.245 e. The Kier molecular flexibility index (Phi) is 3.66. The molecule has 0 bridgehead atoms. The Morgan fingerprint density at radius 1 is 1.26 bits per heavy atom. The maximum Gasteiger partial charge on any atom is 0.245 e. The molecule has 0 atom stereocenters. The first-order chi connectivity index (χ1) is 11.2. The molecule has 1 N–H and O–H groups in total. The first kappa shape index (κ1) is 14.5. The van der Waals surface area contributed by atoms with E-state index < -0.39 is 0 Å². The maximum absolute atomic E-state index is 12.1. The van der Waals surface area contributed by atoms with Crippen LogP contribution in [0.2, 0.25) is 0 Å². The highest BCUT2D eigenvalue weighted by molar-refractivity contribution is 8.00. The van der Waals surface area contributed by atoms with Crippen molar-refractivity contribution in [3.8, 4) is 0 Å². The Morgan fingerprint density at radius 3 is 2.96 bits per heavy atom. The molecule has 0 spiro atoms. The van der Waals surface area contributed by atoms with Gasteiger partial charge in [0.15, 0.2) is 5.13 Å². The highest BCUT2D eigenvalue weighted by Crippen LogP contribution is 2.32. The van der Waals surface area contributed by atoms with Crippen LogP contribution in [0.5, 0.6) is 0 Å². The van der Waals surface area contributed by atoms with Crippen molar-refractivity contribution in [3.05, 3.63) is 36.4 Å². The quantitative estimate of drug-likeness (QED) is 0.794. The third kappa shape index (κ3) is 2.77. The fourth-order valence-electron chi connectivity index (χ4n) is 2.58. The summed E-state index contributed by atoms with van der Waals surface area (Å²) in [5.41, 5.74) is 0.872. The van der Waals surface area contributed by atoms with E-state index >= 15 is 0 Å². The molecule has 1 fully saturated rings. The minimum absolute atomic E-state index is 0.0143. The minimum Gasteiger partial charge on any atom is -0.323 e. The SMILES string of the molecule is O=C(CN1CSCC1=O)Nc1nc2ccc3ccccc3c2s1. The molecule has 2 aromatic carbocycles.